The Bertz CT molecular complexity index is 337. The Morgan fingerprint density at radius 1 is 1.42 bits per heavy atom. The second-order valence-corrected chi connectivity index (χ2v) is 4.88. The summed E-state index contributed by atoms with van der Waals surface area (Å²) >= 11 is 0. The Kier molecular flexibility index (Phi) is 8.34. The van der Waals surface area contributed by atoms with Crippen LogP contribution in [0.4, 0.5) is 4.79 Å². The molecule has 0 radical (unpaired) electrons. The fourth-order valence-electron chi connectivity index (χ4n) is 1.69. The van der Waals surface area contributed by atoms with Crippen LogP contribution in [0.15, 0.2) is 0 Å². The van der Waals surface area contributed by atoms with Gasteiger partial charge in [-0.2, -0.15) is 5.26 Å². The third-order valence-electron chi connectivity index (χ3n) is 2.54. The molecule has 0 saturated carbocycles. The summed E-state index contributed by atoms with van der Waals surface area (Å²) in [6, 6.07) is 0.711. The van der Waals surface area contributed by atoms with E-state index >= 15 is 0 Å². The van der Waals surface area contributed by atoms with E-state index in [9.17, 15) is 9.59 Å². The van der Waals surface area contributed by atoms with Crippen molar-refractivity contribution in [1.29, 1.82) is 5.26 Å². The van der Waals surface area contributed by atoms with E-state index in [4.69, 9.17) is 10.4 Å². The minimum Gasteiger partial charge on any atom is -0.480 e. The summed E-state index contributed by atoms with van der Waals surface area (Å²) in [5.74, 6) is -0.765. The monoisotopic (exact) mass is 269 g/mol. The standard InChI is InChI=1S/C13H23N3O3/c1-4-6-11(12(17)18)15-13(19)16(8-5-7-14)9-10(2)3/h10-11H,4-6,8-9H2,1-3H3,(H,15,19)(H,17,18). The SMILES string of the molecule is CCCC(NC(=O)N(CCC#N)CC(C)C)C(=O)O. The summed E-state index contributed by atoms with van der Waals surface area (Å²) in [6.45, 7) is 6.62. The zero-order valence-corrected chi connectivity index (χ0v) is 11.8. The molecule has 0 aliphatic rings. The molecule has 0 rings (SSSR count). The van der Waals surface area contributed by atoms with E-state index in [0.29, 0.717) is 25.9 Å². The minimum absolute atomic E-state index is 0.242. The van der Waals surface area contributed by atoms with Crippen LogP contribution in [0, 0.1) is 17.2 Å². The molecule has 19 heavy (non-hydrogen) atoms. The van der Waals surface area contributed by atoms with Gasteiger partial charge in [0.15, 0.2) is 0 Å². The van der Waals surface area contributed by atoms with Crippen molar-refractivity contribution < 1.29 is 14.7 Å². The lowest BCUT2D eigenvalue weighted by Crippen LogP contribution is -2.49. The molecule has 0 aromatic rings. The van der Waals surface area contributed by atoms with Crippen LogP contribution in [0.25, 0.3) is 0 Å². The molecule has 0 heterocycles. The molecule has 1 unspecified atom stereocenters. The van der Waals surface area contributed by atoms with E-state index in [1.807, 2.05) is 26.8 Å². The molecule has 0 aliphatic carbocycles. The van der Waals surface area contributed by atoms with Gasteiger partial charge in [0.05, 0.1) is 12.5 Å². The lowest BCUT2D eigenvalue weighted by atomic mass is 10.1. The number of hydrogen-bond donors (Lipinski definition) is 2. The first kappa shape index (κ1) is 17.2. The Morgan fingerprint density at radius 3 is 2.47 bits per heavy atom. The van der Waals surface area contributed by atoms with Gasteiger partial charge in [0, 0.05) is 13.1 Å². The van der Waals surface area contributed by atoms with Crippen molar-refractivity contribution in [2.75, 3.05) is 13.1 Å². The molecule has 1 atom stereocenters. The Hall–Kier alpha value is -1.77. The topological polar surface area (TPSA) is 93.4 Å². The van der Waals surface area contributed by atoms with Gasteiger partial charge in [0.2, 0.25) is 0 Å². The van der Waals surface area contributed by atoms with Crippen LogP contribution in [0.2, 0.25) is 0 Å². The molecule has 108 valence electrons. The first-order chi connectivity index (χ1) is 8.92. The number of aliphatic carboxylic acids is 1. The number of nitrogens with one attached hydrogen (secondary N) is 1. The largest absolute Gasteiger partial charge is 0.480 e. The van der Waals surface area contributed by atoms with Crippen molar-refractivity contribution in [2.45, 2.75) is 46.1 Å². The van der Waals surface area contributed by atoms with Gasteiger partial charge in [-0.25, -0.2) is 9.59 Å². The van der Waals surface area contributed by atoms with Crippen molar-refractivity contribution >= 4 is 12.0 Å². The summed E-state index contributed by atoms with van der Waals surface area (Å²) in [4.78, 5) is 24.5. The van der Waals surface area contributed by atoms with Gasteiger partial charge in [-0.15, -0.1) is 0 Å². The third-order valence-corrected chi connectivity index (χ3v) is 2.54. The van der Waals surface area contributed by atoms with Crippen molar-refractivity contribution in [3.05, 3.63) is 0 Å². The second kappa shape index (κ2) is 9.20. The summed E-state index contributed by atoms with van der Waals surface area (Å²) in [5.41, 5.74) is 0. The summed E-state index contributed by atoms with van der Waals surface area (Å²) in [7, 11) is 0. The van der Waals surface area contributed by atoms with Crippen molar-refractivity contribution in [3.8, 4) is 6.07 Å². The van der Waals surface area contributed by atoms with E-state index in [-0.39, 0.29) is 12.3 Å². The number of carbonyl (C=O) groups is 2. The van der Waals surface area contributed by atoms with E-state index in [0.717, 1.165) is 0 Å². The Labute approximate surface area is 114 Å². The predicted octanol–water partition coefficient (Wildman–Crippen LogP) is 1.82. The normalized spacial score (nSPS) is 11.7. The van der Waals surface area contributed by atoms with Crippen LogP contribution >= 0.6 is 0 Å². The van der Waals surface area contributed by atoms with Crippen molar-refractivity contribution in [3.63, 3.8) is 0 Å². The van der Waals surface area contributed by atoms with E-state index in [1.165, 1.54) is 4.90 Å². The smallest absolute Gasteiger partial charge is 0.326 e. The maximum absolute atomic E-state index is 12.0. The zero-order valence-electron chi connectivity index (χ0n) is 11.8. The highest BCUT2D eigenvalue weighted by molar-refractivity contribution is 5.82. The highest BCUT2D eigenvalue weighted by atomic mass is 16.4. The fraction of sp³-hybridized carbons (Fsp3) is 0.769. The molecule has 0 aliphatic heterocycles. The van der Waals surface area contributed by atoms with E-state index < -0.39 is 18.0 Å². The molecule has 0 spiro atoms. The van der Waals surface area contributed by atoms with Crippen molar-refractivity contribution in [1.82, 2.24) is 10.2 Å². The molecule has 0 fully saturated rings. The van der Waals surface area contributed by atoms with Gasteiger partial charge in [-0.05, 0) is 12.3 Å². The van der Waals surface area contributed by atoms with Crippen LogP contribution in [0.5, 0.6) is 0 Å². The van der Waals surface area contributed by atoms with Crippen LogP contribution in [0.3, 0.4) is 0 Å². The highest BCUT2D eigenvalue weighted by Crippen LogP contribution is 2.03. The van der Waals surface area contributed by atoms with Crippen LogP contribution in [0.1, 0.15) is 40.0 Å². The molecule has 0 bridgehead atoms. The summed E-state index contributed by atoms with van der Waals surface area (Å²) in [6.07, 6.45) is 1.32. The summed E-state index contributed by atoms with van der Waals surface area (Å²) in [5, 5.41) is 20.1. The molecule has 6 heteroatoms. The lowest BCUT2D eigenvalue weighted by Gasteiger charge is -2.25. The maximum Gasteiger partial charge on any atom is 0.326 e. The predicted molar refractivity (Wildman–Crippen MR) is 71.5 cm³/mol. The average Bonchev–Trinajstić information content (AvgIpc) is 2.33. The van der Waals surface area contributed by atoms with Gasteiger partial charge in [-0.3, -0.25) is 0 Å². The number of carboxylic acids is 1. The number of amides is 2. The minimum atomic E-state index is -1.03. The molecule has 6 nitrogen and oxygen atoms in total. The van der Waals surface area contributed by atoms with Gasteiger partial charge in [-0.1, -0.05) is 27.2 Å². The number of nitrogens with zero attached hydrogens (tertiary/aromatic N) is 2. The van der Waals surface area contributed by atoms with E-state index in [1.54, 1.807) is 0 Å². The highest BCUT2D eigenvalue weighted by Gasteiger charge is 2.22. The quantitative estimate of drug-likeness (QED) is 0.702. The Balaban J connectivity index is 4.59. The first-order valence-corrected chi connectivity index (χ1v) is 6.57. The van der Waals surface area contributed by atoms with Gasteiger partial charge >= 0.3 is 12.0 Å². The number of hydrogen-bond acceptors (Lipinski definition) is 3. The molecule has 0 saturated heterocycles. The lowest BCUT2D eigenvalue weighted by molar-refractivity contribution is -0.139. The van der Waals surface area contributed by atoms with Crippen molar-refractivity contribution in [2.24, 2.45) is 5.92 Å². The average molecular weight is 269 g/mol. The van der Waals surface area contributed by atoms with Gasteiger partial charge < -0.3 is 15.3 Å². The number of nitriles is 1. The zero-order chi connectivity index (χ0) is 14.8. The number of urea groups is 1. The molecule has 0 aromatic heterocycles. The molecular formula is C13H23N3O3. The van der Waals surface area contributed by atoms with Gasteiger partial charge in [0.25, 0.3) is 0 Å². The maximum atomic E-state index is 12.0. The van der Waals surface area contributed by atoms with Crippen LogP contribution < -0.4 is 5.32 Å². The summed E-state index contributed by atoms with van der Waals surface area (Å²) < 4.78 is 0. The molecule has 2 amide bonds. The molecular weight excluding hydrogens is 246 g/mol. The Morgan fingerprint density at radius 2 is 2.05 bits per heavy atom. The molecule has 0 aromatic carbocycles. The first-order valence-electron chi connectivity index (χ1n) is 6.57. The number of carbonyl (C=O) groups excluding carboxylic acids is 1. The van der Waals surface area contributed by atoms with Crippen LogP contribution in [-0.4, -0.2) is 41.1 Å². The fourth-order valence-corrected chi connectivity index (χ4v) is 1.69. The second-order valence-electron chi connectivity index (χ2n) is 4.88. The van der Waals surface area contributed by atoms with E-state index in [2.05, 4.69) is 5.32 Å². The number of rotatable bonds is 8. The molecule has 2 N–H and O–H groups in total. The number of carboxylic acid groups (broad SMARTS) is 1. The van der Waals surface area contributed by atoms with Gasteiger partial charge in [0.1, 0.15) is 6.04 Å². The third kappa shape index (κ3) is 7.29. The van der Waals surface area contributed by atoms with Crippen LogP contribution in [-0.2, 0) is 4.79 Å².